The van der Waals surface area contributed by atoms with E-state index in [0.29, 0.717) is 16.5 Å². The molecule has 134 valence electrons. The summed E-state index contributed by atoms with van der Waals surface area (Å²) >= 11 is 4.78. The quantitative estimate of drug-likeness (QED) is 0.699. The summed E-state index contributed by atoms with van der Waals surface area (Å²) in [5.74, 6) is 0.298. The van der Waals surface area contributed by atoms with E-state index >= 15 is 0 Å². The maximum atomic E-state index is 12.6. The van der Waals surface area contributed by atoms with Crippen LogP contribution in [-0.4, -0.2) is 28.9 Å². The summed E-state index contributed by atoms with van der Waals surface area (Å²) in [6, 6.07) is 15.3. The van der Waals surface area contributed by atoms with Crippen LogP contribution >= 0.6 is 27.7 Å². The predicted molar refractivity (Wildman–Crippen MR) is 113 cm³/mol. The summed E-state index contributed by atoms with van der Waals surface area (Å²) in [6.45, 7) is 0. The predicted octanol–water partition coefficient (Wildman–Crippen LogP) is 4.76. The second-order valence-electron chi connectivity index (χ2n) is 5.81. The zero-order valence-corrected chi connectivity index (χ0v) is 16.7. The molecule has 7 heteroatoms. The van der Waals surface area contributed by atoms with Gasteiger partial charge in [-0.2, -0.15) is 4.99 Å². The molecule has 0 saturated heterocycles. The second kappa shape index (κ2) is 7.17. The van der Waals surface area contributed by atoms with Crippen LogP contribution in [0.2, 0.25) is 0 Å². The smallest absolute Gasteiger partial charge is 0.283 e. The average Bonchev–Trinajstić information content (AvgIpc) is 3.10. The van der Waals surface area contributed by atoms with E-state index in [0.717, 1.165) is 15.7 Å². The molecule has 0 aliphatic carbocycles. The Hall–Kier alpha value is -2.64. The van der Waals surface area contributed by atoms with Crippen LogP contribution in [0.3, 0.4) is 0 Å². The number of nitrogens with zero attached hydrogens (tertiary/aromatic N) is 2. The van der Waals surface area contributed by atoms with Crippen LogP contribution in [0.1, 0.15) is 11.1 Å². The van der Waals surface area contributed by atoms with E-state index < -0.39 is 5.91 Å². The van der Waals surface area contributed by atoms with Gasteiger partial charge in [-0.25, -0.2) is 0 Å². The SMILES string of the molecule is COc1ccc(Br)cc1/C=C1/C(=N)N2C(c3ccccc3)=CSC2=NC1=O. The zero-order chi connectivity index (χ0) is 19.0. The van der Waals surface area contributed by atoms with Crippen LogP contribution in [0.4, 0.5) is 0 Å². The molecule has 27 heavy (non-hydrogen) atoms. The van der Waals surface area contributed by atoms with Crippen molar-refractivity contribution >= 4 is 56.4 Å². The van der Waals surface area contributed by atoms with Crippen LogP contribution in [0.25, 0.3) is 11.8 Å². The van der Waals surface area contributed by atoms with Gasteiger partial charge in [0.25, 0.3) is 5.91 Å². The van der Waals surface area contributed by atoms with Gasteiger partial charge in [0.2, 0.25) is 0 Å². The van der Waals surface area contributed by atoms with Gasteiger partial charge in [-0.3, -0.25) is 15.1 Å². The largest absolute Gasteiger partial charge is 0.496 e. The van der Waals surface area contributed by atoms with Gasteiger partial charge in [-0.1, -0.05) is 58.0 Å². The lowest BCUT2D eigenvalue weighted by Crippen LogP contribution is -2.38. The summed E-state index contributed by atoms with van der Waals surface area (Å²) in [5, 5.41) is 11.1. The Kier molecular flexibility index (Phi) is 4.72. The van der Waals surface area contributed by atoms with Gasteiger partial charge in [-0.15, -0.1) is 0 Å². The standard InChI is InChI=1S/C20H14BrN3O2S/c1-26-17-8-7-14(21)9-13(17)10-15-18(22)24-16(12-5-3-2-4-6-12)11-27-20(24)23-19(15)25/h2-11,22H,1H3/b15-10-,22-18?. The highest BCUT2D eigenvalue weighted by Gasteiger charge is 2.36. The number of hydrogen-bond donors (Lipinski definition) is 1. The molecule has 0 atom stereocenters. The molecular weight excluding hydrogens is 426 g/mol. The number of thioether (sulfide) groups is 1. The molecule has 5 nitrogen and oxygen atoms in total. The first-order valence-electron chi connectivity index (χ1n) is 8.08. The van der Waals surface area contributed by atoms with E-state index in [1.165, 1.54) is 11.8 Å². The number of halogens is 1. The number of nitrogens with one attached hydrogen (secondary N) is 1. The molecule has 2 aromatic rings. The Morgan fingerprint density at radius 2 is 2.00 bits per heavy atom. The number of carbonyl (C=O) groups excluding carboxylic acids is 1. The van der Waals surface area contributed by atoms with Crippen molar-refractivity contribution in [3.8, 4) is 5.75 Å². The van der Waals surface area contributed by atoms with E-state index in [1.54, 1.807) is 18.1 Å². The van der Waals surface area contributed by atoms with Gasteiger partial charge < -0.3 is 4.74 Å². The van der Waals surface area contributed by atoms with Crippen molar-refractivity contribution in [3.63, 3.8) is 0 Å². The normalized spacial score (nSPS) is 17.7. The molecule has 2 heterocycles. The van der Waals surface area contributed by atoms with Crippen molar-refractivity contribution in [2.75, 3.05) is 7.11 Å². The number of hydrogen-bond acceptors (Lipinski definition) is 4. The third-order valence-corrected chi connectivity index (χ3v) is 5.49. The molecule has 0 spiro atoms. The minimum absolute atomic E-state index is 0.104. The molecule has 2 aromatic carbocycles. The van der Waals surface area contributed by atoms with Crippen molar-refractivity contribution in [2.24, 2.45) is 4.99 Å². The summed E-state index contributed by atoms with van der Waals surface area (Å²) in [7, 11) is 1.57. The molecule has 0 unspecified atom stereocenters. The maximum absolute atomic E-state index is 12.6. The monoisotopic (exact) mass is 439 g/mol. The molecule has 0 saturated carbocycles. The highest BCUT2D eigenvalue weighted by atomic mass is 79.9. The van der Waals surface area contributed by atoms with Crippen LogP contribution in [0.5, 0.6) is 5.75 Å². The number of ether oxygens (including phenoxy) is 1. The maximum Gasteiger partial charge on any atom is 0.283 e. The summed E-state index contributed by atoms with van der Waals surface area (Å²) < 4.78 is 6.23. The number of amidine groups is 2. The van der Waals surface area contributed by atoms with Gasteiger partial charge in [0, 0.05) is 15.4 Å². The zero-order valence-electron chi connectivity index (χ0n) is 14.3. The topological polar surface area (TPSA) is 65.8 Å². The highest BCUT2D eigenvalue weighted by Crippen LogP contribution is 2.37. The van der Waals surface area contributed by atoms with Crippen LogP contribution in [0.15, 0.2) is 69.0 Å². The number of rotatable bonds is 3. The lowest BCUT2D eigenvalue weighted by molar-refractivity contribution is -0.114. The fraction of sp³-hybridized carbons (Fsp3) is 0.0500. The van der Waals surface area contributed by atoms with Crippen LogP contribution in [-0.2, 0) is 4.79 Å². The Balaban J connectivity index is 1.77. The lowest BCUT2D eigenvalue weighted by atomic mass is 10.1. The fourth-order valence-corrected chi connectivity index (χ4v) is 4.16. The first kappa shape index (κ1) is 17.8. The molecular formula is C20H14BrN3O2S. The number of benzene rings is 2. The van der Waals surface area contributed by atoms with E-state index in [-0.39, 0.29) is 11.4 Å². The number of methoxy groups -OCH3 is 1. The second-order valence-corrected chi connectivity index (χ2v) is 7.57. The molecule has 0 bridgehead atoms. The average molecular weight is 440 g/mol. The van der Waals surface area contributed by atoms with Crippen molar-refractivity contribution in [2.45, 2.75) is 0 Å². The number of aliphatic imine (C=N–C) groups is 1. The van der Waals surface area contributed by atoms with Gasteiger partial charge in [-0.05, 0) is 29.8 Å². The van der Waals surface area contributed by atoms with E-state index in [2.05, 4.69) is 20.9 Å². The van der Waals surface area contributed by atoms with Crippen molar-refractivity contribution in [3.05, 3.63) is 75.1 Å². The summed E-state index contributed by atoms with van der Waals surface area (Å²) in [5.41, 5.74) is 2.73. The van der Waals surface area contributed by atoms with Crippen molar-refractivity contribution in [1.29, 1.82) is 5.41 Å². The molecule has 2 aliphatic heterocycles. The van der Waals surface area contributed by atoms with Crippen molar-refractivity contribution in [1.82, 2.24) is 4.90 Å². The molecule has 1 amide bonds. The molecule has 2 aliphatic rings. The third-order valence-electron chi connectivity index (χ3n) is 4.18. The highest BCUT2D eigenvalue weighted by molar-refractivity contribution is 9.10. The van der Waals surface area contributed by atoms with Gasteiger partial charge >= 0.3 is 0 Å². The molecule has 0 fully saturated rings. The minimum Gasteiger partial charge on any atom is -0.496 e. The number of amides is 1. The Morgan fingerprint density at radius 1 is 1.22 bits per heavy atom. The minimum atomic E-state index is -0.427. The lowest BCUT2D eigenvalue weighted by Gasteiger charge is -2.27. The summed E-state index contributed by atoms with van der Waals surface area (Å²) in [6.07, 6.45) is 1.65. The molecule has 1 N–H and O–H groups in total. The Labute approximate surface area is 169 Å². The molecule has 4 rings (SSSR count). The van der Waals surface area contributed by atoms with Gasteiger partial charge in [0.15, 0.2) is 5.17 Å². The third kappa shape index (κ3) is 3.24. The first-order valence-corrected chi connectivity index (χ1v) is 9.75. The Morgan fingerprint density at radius 3 is 2.74 bits per heavy atom. The number of carbonyl (C=O) groups is 1. The van der Waals surface area contributed by atoms with Crippen LogP contribution < -0.4 is 4.74 Å². The summed E-state index contributed by atoms with van der Waals surface area (Å²) in [4.78, 5) is 18.5. The van der Waals surface area contributed by atoms with Gasteiger partial charge in [0.1, 0.15) is 11.6 Å². The molecule has 0 radical (unpaired) electrons. The fourth-order valence-electron chi connectivity index (χ4n) is 2.89. The molecule has 0 aromatic heterocycles. The van der Waals surface area contributed by atoms with E-state index in [1.807, 2.05) is 53.9 Å². The van der Waals surface area contributed by atoms with Gasteiger partial charge in [0.05, 0.1) is 18.4 Å². The first-order chi connectivity index (χ1) is 13.1. The Bertz CT molecular complexity index is 1040. The number of fused-ring (bicyclic) bond motifs is 1. The van der Waals surface area contributed by atoms with E-state index in [4.69, 9.17) is 10.1 Å². The van der Waals surface area contributed by atoms with Crippen molar-refractivity contribution < 1.29 is 9.53 Å². The van der Waals surface area contributed by atoms with E-state index in [9.17, 15) is 4.79 Å². The van der Waals surface area contributed by atoms with Crippen LogP contribution in [0, 0.1) is 5.41 Å².